The second-order valence-electron chi connectivity index (χ2n) is 16.3. The van der Waals surface area contributed by atoms with Crippen LogP contribution in [0.1, 0.15) is 106 Å². The van der Waals surface area contributed by atoms with Gasteiger partial charge in [-0.3, -0.25) is 4.79 Å². The third-order valence-corrected chi connectivity index (χ3v) is 14.5. The molecule has 7 rings (SSSR count). The van der Waals surface area contributed by atoms with E-state index in [0.717, 1.165) is 44.9 Å². The maximum absolute atomic E-state index is 12.5. The van der Waals surface area contributed by atoms with Crippen LogP contribution in [-0.4, -0.2) is 52.5 Å². The number of fused-ring (bicyclic) bond motifs is 3. The van der Waals surface area contributed by atoms with Gasteiger partial charge in [0.15, 0.2) is 6.29 Å². The number of rotatable bonds is 3. The third-order valence-electron chi connectivity index (χ3n) is 14.5. The Hall–Kier alpha value is -0.690. The molecule has 0 amide bonds. The lowest BCUT2D eigenvalue weighted by Crippen LogP contribution is -2.66. The minimum atomic E-state index is -0.709. The van der Waals surface area contributed by atoms with Gasteiger partial charge in [-0.1, -0.05) is 27.7 Å². The van der Waals surface area contributed by atoms with Gasteiger partial charge in [0.1, 0.15) is 12.2 Å². The van der Waals surface area contributed by atoms with E-state index < -0.39 is 6.29 Å². The van der Waals surface area contributed by atoms with E-state index in [4.69, 9.17) is 14.2 Å². The van der Waals surface area contributed by atoms with Crippen molar-refractivity contribution >= 4 is 5.97 Å². The van der Waals surface area contributed by atoms with Crippen molar-refractivity contribution in [2.45, 2.75) is 143 Å². The lowest BCUT2D eigenvalue weighted by molar-refractivity contribution is -0.249. The van der Waals surface area contributed by atoms with Gasteiger partial charge in [-0.05, 0) is 111 Å². The maximum Gasteiger partial charge on any atom is 0.302 e. The van der Waals surface area contributed by atoms with Crippen LogP contribution in [0.4, 0.5) is 0 Å². The molecule has 5 aliphatic carbocycles. The van der Waals surface area contributed by atoms with Crippen molar-refractivity contribution in [1.29, 1.82) is 0 Å². The van der Waals surface area contributed by atoms with Crippen LogP contribution < -0.4 is 0 Å². The van der Waals surface area contributed by atoms with Crippen molar-refractivity contribution < 1.29 is 29.2 Å². The number of aliphatic hydroxyl groups excluding tert-OH is 2. The van der Waals surface area contributed by atoms with E-state index in [0.29, 0.717) is 17.8 Å². The first-order valence-electron chi connectivity index (χ1n) is 15.5. The van der Waals surface area contributed by atoms with E-state index in [2.05, 4.69) is 41.5 Å². The van der Waals surface area contributed by atoms with Gasteiger partial charge in [0, 0.05) is 18.3 Å². The molecule has 214 valence electrons. The summed E-state index contributed by atoms with van der Waals surface area (Å²) in [6.07, 6.45) is 8.43. The smallest absolute Gasteiger partial charge is 0.302 e. The van der Waals surface area contributed by atoms with E-state index in [1.807, 2.05) is 0 Å². The van der Waals surface area contributed by atoms with Gasteiger partial charge in [-0.15, -0.1) is 0 Å². The van der Waals surface area contributed by atoms with Crippen molar-refractivity contribution in [3.05, 3.63) is 0 Å². The molecule has 6 heteroatoms. The predicted octanol–water partition coefficient (Wildman–Crippen LogP) is 5.23. The van der Waals surface area contributed by atoms with Crippen LogP contribution in [0, 0.1) is 50.7 Å². The van der Waals surface area contributed by atoms with Gasteiger partial charge in [0.25, 0.3) is 0 Å². The summed E-state index contributed by atoms with van der Waals surface area (Å²) >= 11 is 0. The Kier molecular flexibility index (Phi) is 5.23. The lowest BCUT2D eigenvalue weighted by Gasteiger charge is -2.68. The van der Waals surface area contributed by atoms with Crippen molar-refractivity contribution in [1.82, 2.24) is 0 Å². The number of hydrogen-bond acceptors (Lipinski definition) is 6. The molecule has 13 atom stereocenters. The Labute approximate surface area is 228 Å². The standard InChI is InChI=1S/C32H50O6/c1-17(33)36-24-15-22-27(2,3)23(34)10-11-29(22,6)21-9-12-31-16-32(31,30(21,24)7)13-8-19(31)18-14-20(37-26(18)35)25-28(4,5)38-25/h18-26,34-35H,8-16H2,1-7H3/t18-,19-,20+,21+,22+,23+,24+,25+,26-,29+,30-,31+,32+/m0/s1. The van der Waals surface area contributed by atoms with Crippen LogP contribution in [0.25, 0.3) is 0 Å². The Balaban J connectivity index is 1.23. The molecule has 0 aromatic rings. The van der Waals surface area contributed by atoms with Gasteiger partial charge >= 0.3 is 5.97 Å². The van der Waals surface area contributed by atoms with E-state index in [1.165, 1.54) is 12.8 Å². The summed E-state index contributed by atoms with van der Waals surface area (Å²) in [4.78, 5) is 12.5. The largest absolute Gasteiger partial charge is 0.462 e. The summed E-state index contributed by atoms with van der Waals surface area (Å²) in [6, 6.07) is 0. The molecular formula is C32H50O6. The number of epoxide rings is 1. The van der Waals surface area contributed by atoms with Crippen molar-refractivity contribution in [3.63, 3.8) is 0 Å². The Morgan fingerprint density at radius 3 is 2.29 bits per heavy atom. The topological polar surface area (TPSA) is 88.5 Å². The Morgan fingerprint density at radius 1 is 0.921 bits per heavy atom. The first-order chi connectivity index (χ1) is 17.6. The van der Waals surface area contributed by atoms with Crippen LogP contribution in [0.5, 0.6) is 0 Å². The van der Waals surface area contributed by atoms with Crippen LogP contribution >= 0.6 is 0 Å². The number of carbonyl (C=O) groups is 1. The SMILES string of the molecule is CC(=O)O[C@@H]1C[C@@H]2C(C)(C)[C@H](O)CC[C@]2(C)[C@H]2CC[C@]34C[C@]3(CC[C@H]4[C@@H]3C[C@H]([C@H]4OC4(C)C)O[C@@H]3O)[C@@]21C. The average Bonchev–Trinajstić information content (AvgIpc) is 3.57. The number of esters is 1. The van der Waals surface area contributed by atoms with Crippen LogP contribution in [0.3, 0.4) is 0 Å². The lowest BCUT2D eigenvalue weighted by atomic mass is 9.37. The van der Waals surface area contributed by atoms with Gasteiger partial charge in [0.05, 0.1) is 17.8 Å². The molecule has 2 heterocycles. The van der Waals surface area contributed by atoms with Crippen molar-refractivity contribution in [2.24, 2.45) is 50.7 Å². The fourth-order valence-electron chi connectivity index (χ4n) is 12.7. The summed E-state index contributed by atoms with van der Waals surface area (Å²) < 4.78 is 18.4. The maximum atomic E-state index is 12.5. The molecule has 2 N–H and O–H groups in total. The third kappa shape index (κ3) is 2.97. The zero-order chi connectivity index (χ0) is 27.3. The molecule has 0 aromatic heterocycles. The van der Waals surface area contributed by atoms with Crippen molar-refractivity contribution in [3.8, 4) is 0 Å². The predicted molar refractivity (Wildman–Crippen MR) is 142 cm³/mol. The molecule has 5 saturated carbocycles. The first-order valence-corrected chi connectivity index (χ1v) is 15.5. The van der Waals surface area contributed by atoms with Crippen LogP contribution in [0.15, 0.2) is 0 Å². The molecule has 7 aliphatic rings. The van der Waals surface area contributed by atoms with Crippen LogP contribution in [0.2, 0.25) is 0 Å². The molecular weight excluding hydrogens is 480 g/mol. The molecule has 2 aliphatic heterocycles. The summed E-state index contributed by atoms with van der Waals surface area (Å²) in [6.45, 7) is 15.3. The monoisotopic (exact) mass is 530 g/mol. The fourth-order valence-corrected chi connectivity index (χ4v) is 12.7. The summed E-state index contributed by atoms with van der Waals surface area (Å²) in [7, 11) is 0. The second-order valence-corrected chi connectivity index (χ2v) is 16.3. The number of carbonyl (C=O) groups excluding carboxylic acids is 1. The molecule has 0 spiro atoms. The highest BCUT2D eigenvalue weighted by Crippen LogP contribution is 2.91. The fraction of sp³-hybridized carbons (Fsp3) is 0.969. The van der Waals surface area contributed by atoms with Crippen molar-refractivity contribution in [2.75, 3.05) is 0 Å². The number of ether oxygens (including phenoxy) is 3. The molecule has 0 unspecified atom stereocenters. The van der Waals surface area contributed by atoms with Gasteiger partial charge in [0.2, 0.25) is 0 Å². The number of aliphatic hydroxyl groups is 2. The molecule has 38 heavy (non-hydrogen) atoms. The minimum Gasteiger partial charge on any atom is -0.462 e. The Morgan fingerprint density at radius 2 is 1.63 bits per heavy atom. The first kappa shape index (κ1) is 26.2. The molecule has 2 saturated heterocycles. The van der Waals surface area contributed by atoms with Crippen LogP contribution in [-0.2, 0) is 19.0 Å². The Bertz CT molecular complexity index is 1040. The molecule has 0 radical (unpaired) electrons. The zero-order valence-corrected chi connectivity index (χ0v) is 24.6. The highest BCUT2D eigenvalue weighted by Gasteiger charge is 2.86. The van der Waals surface area contributed by atoms with Gasteiger partial charge in [-0.2, -0.15) is 0 Å². The normalized spacial score (nSPS) is 59.2. The van der Waals surface area contributed by atoms with E-state index >= 15 is 0 Å². The quantitative estimate of drug-likeness (QED) is 0.384. The van der Waals surface area contributed by atoms with E-state index in [1.54, 1.807) is 6.92 Å². The highest BCUT2D eigenvalue weighted by molar-refractivity contribution is 5.66. The van der Waals surface area contributed by atoms with E-state index in [9.17, 15) is 15.0 Å². The molecule has 7 fully saturated rings. The summed E-state index contributed by atoms with van der Waals surface area (Å²) in [5.41, 5.74) is 0.0866. The molecule has 6 nitrogen and oxygen atoms in total. The van der Waals surface area contributed by atoms with E-state index in [-0.39, 0.29) is 69.0 Å². The summed E-state index contributed by atoms with van der Waals surface area (Å²) in [5.74, 6) is 1.24. The van der Waals surface area contributed by atoms with Gasteiger partial charge in [-0.25, -0.2) is 0 Å². The molecule has 0 aromatic carbocycles. The number of hydrogen-bond donors (Lipinski definition) is 2. The summed E-state index contributed by atoms with van der Waals surface area (Å²) in [5, 5.41) is 22.2. The van der Waals surface area contributed by atoms with Gasteiger partial charge < -0.3 is 24.4 Å². The zero-order valence-electron chi connectivity index (χ0n) is 24.6. The minimum absolute atomic E-state index is 0.0129. The highest BCUT2D eigenvalue weighted by atomic mass is 16.7. The average molecular weight is 531 g/mol. The second kappa shape index (κ2) is 7.57. The molecule has 0 bridgehead atoms.